The number of benzene rings is 3. The lowest BCUT2D eigenvalue weighted by Gasteiger charge is -2.38. The lowest BCUT2D eigenvalue weighted by molar-refractivity contribution is -0.0202. The van der Waals surface area contributed by atoms with Crippen molar-refractivity contribution in [2.45, 2.75) is 18.7 Å². The minimum atomic E-state index is -0.703. The molecule has 3 aromatic rings. The van der Waals surface area contributed by atoms with Crippen LogP contribution in [0.4, 0.5) is 0 Å². The summed E-state index contributed by atoms with van der Waals surface area (Å²) in [5, 5.41) is 18.6. The summed E-state index contributed by atoms with van der Waals surface area (Å²) in [7, 11) is 1.63. The lowest BCUT2D eigenvalue weighted by atomic mass is 9.95. The summed E-state index contributed by atoms with van der Waals surface area (Å²) in [6.45, 7) is 0. The number of ether oxygens (including phenoxy) is 2. The number of hydrogen-bond donors (Lipinski definition) is 1. The van der Waals surface area contributed by atoms with Gasteiger partial charge in [-0.2, -0.15) is 5.10 Å². The SMILES string of the molecule is COc1ccc(C2=NN3[C@H](C2)c2cc(Cl)cc(Cl)c2O[C@H]3c2cc(Cl)ccc2O)cc1. The highest BCUT2D eigenvalue weighted by Crippen LogP contribution is 2.52. The van der Waals surface area contributed by atoms with E-state index in [2.05, 4.69) is 0 Å². The smallest absolute Gasteiger partial charge is 0.217 e. The maximum absolute atomic E-state index is 10.5. The molecule has 0 fully saturated rings. The Labute approximate surface area is 194 Å². The van der Waals surface area contributed by atoms with Gasteiger partial charge in [-0.05, 0) is 60.2 Å². The van der Waals surface area contributed by atoms with Gasteiger partial charge in [0.2, 0.25) is 6.23 Å². The summed E-state index contributed by atoms with van der Waals surface area (Å²) in [4.78, 5) is 0. The molecule has 0 amide bonds. The van der Waals surface area contributed by atoms with Crippen molar-refractivity contribution in [2.75, 3.05) is 7.11 Å². The zero-order valence-corrected chi connectivity index (χ0v) is 18.6. The molecule has 0 radical (unpaired) electrons. The van der Waals surface area contributed by atoms with Crippen LogP contribution in [-0.2, 0) is 0 Å². The fourth-order valence-electron chi connectivity index (χ4n) is 4.00. The lowest BCUT2D eigenvalue weighted by Crippen LogP contribution is -2.34. The molecule has 5 rings (SSSR count). The van der Waals surface area contributed by atoms with Crippen LogP contribution < -0.4 is 9.47 Å². The molecule has 0 unspecified atom stereocenters. The molecule has 2 aliphatic rings. The predicted molar refractivity (Wildman–Crippen MR) is 122 cm³/mol. The fraction of sp³-hybridized carbons (Fsp3) is 0.174. The molecule has 0 aliphatic carbocycles. The zero-order chi connectivity index (χ0) is 21.7. The highest BCUT2D eigenvalue weighted by atomic mass is 35.5. The standard InChI is InChI=1S/C23H17Cl3N2O3/c1-30-15-5-2-12(3-6-15)19-11-20-16-9-14(25)10-18(26)22(16)31-23(28(20)27-19)17-8-13(24)4-7-21(17)29/h2-10,20,23,29H,11H2,1H3/t20-,23+/m1/s1. The average Bonchev–Trinajstić information content (AvgIpc) is 3.21. The van der Waals surface area contributed by atoms with Gasteiger partial charge in [-0.25, -0.2) is 5.01 Å². The molecule has 3 aromatic carbocycles. The van der Waals surface area contributed by atoms with Crippen LogP contribution in [0.15, 0.2) is 59.7 Å². The Morgan fingerprint density at radius 1 is 1.00 bits per heavy atom. The van der Waals surface area contributed by atoms with Crippen LogP contribution in [0.3, 0.4) is 0 Å². The molecule has 0 bridgehead atoms. The third-order valence-electron chi connectivity index (χ3n) is 5.49. The Kier molecular flexibility index (Phi) is 5.13. The van der Waals surface area contributed by atoms with E-state index in [4.69, 9.17) is 49.4 Å². The van der Waals surface area contributed by atoms with Crippen molar-refractivity contribution in [1.29, 1.82) is 0 Å². The minimum absolute atomic E-state index is 0.0646. The summed E-state index contributed by atoms with van der Waals surface area (Å²) in [6, 6.07) is 15.9. The van der Waals surface area contributed by atoms with Crippen molar-refractivity contribution < 1.29 is 14.6 Å². The van der Waals surface area contributed by atoms with Crippen LogP contribution in [0.1, 0.15) is 35.4 Å². The van der Waals surface area contributed by atoms with Gasteiger partial charge >= 0.3 is 0 Å². The van der Waals surface area contributed by atoms with Gasteiger partial charge in [-0.15, -0.1) is 0 Å². The van der Waals surface area contributed by atoms with Gasteiger partial charge < -0.3 is 14.6 Å². The van der Waals surface area contributed by atoms with Crippen LogP contribution in [0.25, 0.3) is 0 Å². The molecule has 31 heavy (non-hydrogen) atoms. The van der Waals surface area contributed by atoms with E-state index in [0.29, 0.717) is 32.8 Å². The van der Waals surface area contributed by atoms with E-state index >= 15 is 0 Å². The second-order valence-electron chi connectivity index (χ2n) is 7.35. The zero-order valence-electron chi connectivity index (χ0n) is 16.3. The molecular formula is C23H17Cl3N2O3. The molecule has 0 aromatic heterocycles. The van der Waals surface area contributed by atoms with Gasteiger partial charge in [0.25, 0.3) is 0 Å². The minimum Gasteiger partial charge on any atom is -0.507 e. The first kappa shape index (κ1) is 20.3. The molecule has 1 N–H and O–H groups in total. The number of rotatable bonds is 3. The highest BCUT2D eigenvalue weighted by molar-refractivity contribution is 6.35. The van der Waals surface area contributed by atoms with Crippen LogP contribution in [-0.4, -0.2) is 22.9 Å². The first-order valence-electron chi connectivity index (χ1n) is 9.59. The number of nitrogens with zero attached hydrogens (tertiary/aromatic N) is 2. The van der Waals surface area contributed by atoms with E-state index in [1.54, 1.807) is 31.4 Å². The van der Waals surface area contributed by atoms with Crippen molar-refractivity contribution in [3.8, 4) is 17.2 Å². The molecule has 0 saturated carbocycles. The summed E-state index contributed by atoms with van der Waals surface area (Å²) in [5.74, 6) is 1.37. The van der Waals surface area contributed by atoms with Gasteiger partial charge in [0, 0.05) is 22.0 Å². The second kappa shape index (κ2) is 7.83. The maximum atomic E-state index is 10.5. The van der Waals surface area contributed by atoms with E-state index in [-0.39, 0.29) is 11.8 Å². The predicted octanol–water partition coefficient (Wildman–Crippen LogP) is 6.60. The van der Waals surface area contributed by atoms with Gasteiger partial charge in [-0.3, -0.25) is 0 Å². The van der Waals surface area contributed by atoms with Gasteiger partial charge in [-0.1, -0.05) is 34.8 Å². The third-order valence-corrected chi connectivity index (χ3v) is 6.22. The van der Waals surface area contributed by atoms with E-state index in [9.17, 15) is 5.11 Å². The number of hydrazone groups is 1. The summed E-state index contributed by atoms with van der Waals surface area (Å²) in [6.07, 6.45) is -0.0809. The number of fused-ring (bicyclic) bond motifs is 3. The first-order chi connectivity index (χ1) is 14.9. The first-order valence-corrected chi connectivity index (χ1v) is 10.7. The number of phenolic OH excluding ortho intramolecular Hbond substituents is 1. The van der Waals surface area contributed by atoms with Crippen molar-refractivity contribution in [1.82, 2.24) is 5.01 Å². The quantitative estimate of drug-likeness (QED) is 0.463. The molecule has 0 spiro atoms. The molecular weight excluding hydrogens is 459 g/mol. The van der Waals surface area contributed by atoms with E-state index in [1.165, 1.54) is 0 Å². The van der Waals surface area contributed by atoms with Gasteiger partial charge in [0.05, 0.1) is 29.4 Å². The number of aromatic hydroxyl groups is 1. The van der Waals surface area contributed by atoms with Crippen molar-refractivity contribution in [2.24, 2.45) is 5.10 Å². The summed E-state index contributed by atoms with van der Waals surface area (Å²) in [5.41, 5.74) is 3.21. The fourth-order valence-corrected chi connectivity index (χ4v) is 4.74. The van der Waals surface area contributed by atoms with Crippen molar-refractivity contribution in [3.05, 3.63) is 86.4 Å². The van der Waals surface area contributed by atoms with Crippen molar-refractivity contribution >= 4 is 40.5 Å². The number of methoxy groups -OCH3 is 1. The maximum Gasteiger partial charge on any atom is 0.217 e. The molecule has 2 atom stereocenters. The Hall–Kier alpha value is -2.60. The Morgan fingerprint density at radius 2 is 1.74 bits per heavy atom. The molecule has 5 nitrogen and oxygen atoms in total. The summed E-state index contributed by atoms with van der Waals surface area (Å²) >= 11 is 19.0. The normalized spacial score (nSPS) is 19.4. The summed E-state index contributed by atoms with van der Waals surface area (Å²) < 4.78 is 11.5. The molecule has 158 valence electrons. The number of phenols is 1. The number of halogens is 3. The van der Waals surface area contributed by atoms with Gasteiger partial charge in [0.15, 0.2) is 0 Å². The average molecular weight is 476 g/mol. The third kappa shape index (κ3) is 3.57. The van der Waals surface area contributed by atoms with E-state index < -0.39 is 6.23 Å². The van der Waals surface area contributed by atoms with Gasteiger partial charge in [0.1, 0.15) is 17.2 Å². The largest absolute Gasteiger partial charge is 0.507 e. The molecule has 0 saturated heterocycles. The van der Waals surface area contributed by atoms with E-state index in [0.717, 1.165) is 22.6 Å². The Morgan fingerprint density at radius 3 is 2.48 bits per heavy atom. The van der Waals surface area contributed by atoms with Crippen LogP contribution in [0.5, 0.6) is 17.2 Å². The van der Waals surface area contributed by atoms with E-state index in [1.807, 2.05) is 35.3 Å². The van der Waals surface area contributed by atoms with Crippen LogP contribution in [0.2, 0.25) is 15.1 Å². The number of hydrogen-bond acceptors (Lipinski definition) is 5. The Bertz CT molecular complexity index is 1200. The monoisotopic (exact) mass is 474 g/mol. The highest BCUT2D eigenvalue weighted by Gasteiger charge is 2.43. The molecule has 2 heterocycles. The second-order valence-corrected chi connectivity index (χ2v) is 8.63. The Balaban J connectivity index is 1.63. The van der Waals surface area contributed by atoms with Crippen molar-refractivity contribution in [3.63, 3.8) is 0 Å². The molecule has 2 aliphatic heterocycles. The topological polar surface area (TPSA) is 54.3 Å². The molecule has 8 heteroatoms. The van der Waals surface area contributed by atoms with Crippen LogP contribution >= 0.6 is 34.8 Å². The van der Waals surface area contributed by atoms with Crippen LogP contribution in [0, 0.1) is 0 Å².